The van der Waals surface area contributed by atoms with Gasteiger partial charge in [-0.2, -0.15) is 5.10 Å². The molecule has 1 aromatic carbocycles. The first kappa shape index (κ1) is 11.1. The lowest BCUT2D eigenvalue weighted by Crippen LogP contribution is -2.14. The quantitative estimate of drug-likeness (QED) is 0.824. The van der Waals surface area contributed by atoms with Crippen LogP contribution in [0.2, 0.25) is 0 Å². The van der Waals surface area contributed by atoms with Crippen LogP contribution in [-0.4, -0.2) is 15.7 Å². The van der Waals surface area contributed by atoms with Gasteiger partial charge in [-0.1, -0.05) is 0 Å². The summed E-state index contributed by atoms with van der Waals surface area (Å²) in [6, 6.07) is 5.45. The molecule has 1 amide bonds. The van der Waals surface area contributed by atoms with E-state index >= 15 is 0 Å². The molecule has 1 aromatic heterocycles. The Morgan fingerprint density at radius 2 is 2.06 bits per heavy atom. The second-order valence-corrected chi connectivity index (χ2v) is 3.57. The minimum atomic E-state index is -0.422. The molecule has 0 radical (unpaired) electrons. The fraction of sp³-hybridized carbons (Fsp3) is 0.0909. The van der Waals surface area contributed by atoms with Crippen LogP contribution in [0, 0.1) is 5.82 Å². The molecular formula is C11H11FN4O. The third-order valence-corrected chi connectivity index (χ3v) is 2.17. The first-order valence-electron chi connectivity index (χ1n) is 4.92. The summed E-state index contributed by atoms with van der Waals surface area (Å²) >= 11 is 0. The molecule has 88 valence electrons. The van der Waals surface area contributed by atoms with Crippen LogP contribution < -0.4 is 11.1 Å². The summed E-state index contributed by atoms with van der Waals surface area (Å²) in [7, 11) is 1.67. The molecule has 2 aromatic rings. The summed E-state index contributed by atoms with van der Waals surface area (Å²) in [6.07, 6.45) is 1.54. The van der Waals surface area contributed by atoms with Crippen molar-refractivity contribution >= 4 is 17.3 Å². The zero-order chi connectivity index (χ0) is 12.4. The number of anilines is 2. The minimum absolute atomic E-state index is 0.150. The number of carbonyl (C=O) groups is 1. The second kappa shape index (κ2) is 4.25. The van der Waals surface area contributed by atoms with Crippen LogP contribution in [-0.2, 0) is 7.05 Å². The average molecular weight is 234 g/mol. The highest BCUT2D eigenvalue weighted by atomic mass is 19.1. The number of hydrogen-bond acceptors (Lipinski definition) is 3. The first-order chi connectivity index (χ1) is 8.06. The molecule has 5 nitrogen and oxygen atoms in total. The summed E-state index contributed by atoms with van der Waals surface area (Å²) < 4.78 is 14.1. The van der Waals surface area contributed by atoms with Crippen LogP contribution >= 0.6 is 0 Å². The Hall–Kier alpha value is -2.37. The predicted octanol–water partition coefficient (Wildman–Crippen LogP) is 1.39. The van der Waals surface area contributed by atoms with Gasteiger partial charge >= 0.3 is 0 Å². The molecule has 0 aliphatic carbocycles. The number of aryl methyl sites for hydroxylation is 1. The van der Waals surface area contributed by atoms with Crippen molar-refractivity contribution in [2.24, 2.45) is 7.05 Å². The molecule has 0 aliphatic rings. The third kappa shape index (κ3) is 2.41. The topological polar surface area (TPSA) is 72.9 Å². The van der Waals surface area contributed by atoms with E-state index in [0.717, 1.165) is 0 Å². The van der Waals surface area contributed by atoms with Gasteiger partial charge in [0.1, 0.15) is 5.82 Å². The Kier molecular flexibility index (Phi) is 2.78. The van der Waals surface area contributed by atoms with Gasteiger partial charge in [0.05, 0.1) is 5.69 Å². The maximum Gasteiger partial charge on any atom is 0.278 e. The molecular weight excluding hydrogens is 223 g/mol. The molecule has 17 heavy (non-hydrogen) atoms. The van der Waals surface area contributed by atoms with Crippen molar-refractivity contribution in [3.05, 3.63) is 42.0 Å². The van der Waals surface area contributed by atoms with Crippen molar-refractivity contribution in [3.8, 4) is 0 Å². The van der Waals surface area contributed by atoms with E-state index in [0.29, 0.717) is 11.4 Å². The van der Waals surface area contributed by atoms with Crippen LogP contribution in [0.5, 0.6) is 0 Å². The van der Waals surface area contributed by atoms with Crippen molar-refractivity contribution in [3.63, 3.8) is 0 Å². The summed E-state index contributed by atoms with van der Waals surface area (Å²) in [6.45, 7) is 0. The van der Waals surface area contributed by atoms with Gasteiger partial charge in [0, 0.05) is 18.9 Å². The van der Waals surface area contributed by atoms with Gasteiger partial charge in [0.25, 0.3) is 5.91 Å². The molecule has 0 spiro atoms. The molecule has 2 rings (SSSR count). The van der Waals surface area contributed by atoms with Gasteiger partial charge in [-0.3, -0.25) is 9.48 Å². The zero-order valence-electron chi connectivity index (χ0n) is 9.14. The second-order valence-electron chi connectivity index (χ2n) is 3.57. The van der Waals surface area contributed by atoms with E-state index in [4.69, 9.17) is 5.73 Å². The summed E-state index contributed by atoms with van der Waals surface area (Å²) in [4.78, 5) is 11.8. The highest BCUT2D eigenvalue weighted by molar-refractivity contribution is 6.06. The van der Waals surface area contributed by atoms with Gasteiger partial charge in [-0.15, -0.1) is 0 Å². The number of nitrogen functional groups attached to an aromatic ring is 1. The third-order valence-electron chi connectivity index (χ3n) is 2.17. The van der Waals surface area contributed by atoms with Gasteiger partial charge in [0.2, 0.25) is 0 Å². The lowest BCUT2D eigenvalue weighted by Gasteiger charge is -2.03. The van der Waals surface area contributed by atoms with Crippen molar-refractivity contribution in [2.75, 3.05) is 11.1 Å². The summed E-state index contributed by atoms with van der Waals surface area (Å²) in [5, 5.41) is 6.51. The highest BCUT2D eigenvalue weighted by Gasteiger charge is 2.13. The Morgan fingerprint density at radius 1 is 1.41 bits per heavy atom. The van der Waals surface area contributed by atoms with E-state index in [1.807, 2.05) is 0 Å². The van der Waals surface area contributed by atoms with Crippen molar-refractivity contribution in [2.45, 2.75) is 0 Å². The molecule has 0 saturated heterocycles. The smallest absolute Gasteiger partial charge is 0.278 e. The number of hydrogen-bond donors (Lipinski definition) is 2. The average Bonchev–Trinajstić information content (AvgIpc) is 2.61. The van der Waals surface area contributed by atoms with Crippen molar-refractivity contribution in [1.82, 2.24) is 9.78 Å². The molecule has 3 N–H and O–H groups in total. The normalized spacial score (nSPS) is 10.2. The van der Waals surface area contributed by atoms with E-state index in [-0.39, 0.29) is 11.5 Å². The lowest BCUT2D eigenvalue weighted by atomic mass is 10.3. The van der Waals surface area contributed by atoms with Crippen molar-refractivity contribution < 1.29 is 9.18 Å². The van der Waals surface area contributed by atoms with Gasteiger partial charge in [0.15, 0.2) is 5.69 Å². The molecule has 0 saturated carbocycles. The lowest BCUT2D eigenvalue weighted by molar-refractivity contribution is 0.102. The Labute approximate surface area is 97.0 Å². The number of halogens is 1. The zero-order valence-corrected chi connectivity index (χ0v) is 9.14. The molecule has 0 unspecified atom stereocenters. The van der Waals surface area contributed by atoms with E-state index in [2.05, 4.69) is 10.4 Å². The first-order valence-corrected chi connectivity index (χ1v) is 4.92. The largest absolute Gasteiger partial charge is 0.396 e. The molecule has 6 heteroatoms. The van der Waals surface area contributed by atoms with Crippen LogP contribution in [0.25, 0.3) is 0 Å². The van der Waals surface area contributed by atoms with Crippen LogP contribution in [0.1, 0.15) is 10.5 Å². The predicted molar refractivity (Wildman–Crippen MR) is 62.0 cm³/mol. The fourth-order valence-corrected chi connectivity index (χ4v) is 1.41. The standard InChI is InChI=1S/C11H11FN4O/c1-16-6-9(13)10(15-16)11(17)14-8-4-2-7(12)3-5-8/h2-6H,13H2,1H3,(H,14,17). The van der Waals surface area contributed by atoms with Crippen LogP contribution in [0.4, 0.5) is 15.8 Å². The van der Waals surface area contributed by atoms with Gasteiger partial charge < -0.3 is 11.1 Å². The molecule has 0 bridgehead atoms. The monoisotopic (exact) mass is 234 g/mol. The van der Waals surface area contributed by atoms with Gasteiger partial charge in [-0.05, 0) is 24.3 Å². The van der Waals surface area contributed by atoms with Gasteiger partial charge in [-0.25, -0.2) is 4.39 Å². The molecule has 0 fully saturated rings. The maximum atomic E-state index is 12.7. The van der Waals surface area contributed by atoms with E-state index in [1.165, 1.54) is 28.9 Å². The highest BCUT2D eigenvalue weighted by Crippen LogP contribution is 2.13. The van der Waals surface area contributed by atoms with Crippen molar-refractivity contribution in [1.29, 1.82) is 0 Å². The number of nitrogens with one attached hydrogen (secondary N) is 1. The Balaban J connectivity index is 2.17. The number of nitrogens with two attached hydrogens (primary N) is 1. The Morgan fingerprint density at radius 3 is 2.59 bits per heavy atom. The number of benzene rings is 1. The maximum absolute atomic E-state index is 12.7. The molecule has 0 atom stereocenters. The molecule has 0 aliphatic heterocycles. The van der Waals surface area contributed by atoms with E-state index in [1.54, 1.807) is 13.2 Å². The summed E-state index contributed by atoms with van der Waals surface area (Å²) in [5.74, 6) is -0.782. The van der Waals surface area contributed by atoms with Crippen LogP contribution in [0.15, 0.2) is 30.5 Å². The fourth-order valence-electron chi connectivity index (χ4n) is 1.41. The van der Waals surface area contributed by atoms with E-state index in [9.17, 15) is 9.18 Å². The number of carbonyl (C=O) groups excluding carboxylic acids is 1. The number of amides is 1. The van der Waals surface area contributed by atoms with E-state index < -0.39 is 5.91 Å². The summed E-state index contributed by atoms with van der Waals surface area (Å²) in [5.41, 5.74) is 6.55. The number of aromatic nitrogens is 2. The Bertz CT molecular complexity index is 547. The number of nitrogens with zero attached hydrogens (tertiary/aromatic N) is 2. The SMILES string of the molecule is Cn1cc(N)c(C(=O)Nc2ccc(F)cc2)n1. The minimum Gasteiger partial charge on any atom is -0.396 e. The number of rotatable bonds is 2. The van der Waals surface area contributed by atoms with Crippen LogP contribution in [0.3, 0.4) is 0 Å². The molecule has 1 heterocycles.